The molecule has 1 aromatic heterocycles. The van der Waals surface area contributed by atoms with Gasteiger partial charge in [0.2, 0.25) is 17.6 Å². The summed E-state index contributed by atoms with van der Waals surface area (Å²) in [5.74, 6) is 0.213. The zero-order chi connectivity index (χ0) is 13.7. The number of likely N-dealkylation sites (N-methyl/N-ethyl adjacent to an activating group) is 1. The minimum Gasteiger partial charge on any atom is -0.337 e. The third-order valence-corrected chi connectivity index (χ3v) is 4.26. The summed E-state index contributed by atoms with van der Waals surface area (Å²) in [6, 6.07) is 8.21. The van der Waals surface area contributed by atoms with Crippen molar-refractivity contribution in [1.82, 2.24) is 4.90 Å². The number of thiazole rings is 1. The summed E-state index contributed by atoms with van der Waals surface area (Å²) in [7, 11) is 0. The van der Waals surface area contributed by atoms with Crippen molar-refractivity contribution in [3.63, 3.8) is 0 Å². The lowest BCUT2D eigenvalue weighted by Gasteiger charge is -2.18. The van der Waals surface area contributed by atoms with Crippen molar-refractivity contribution in [3.05, 3.63) is 29.8 Å². The average molecular weight is 277 g/mol. The third-order valence-electron chi connectivity index (χ3n) is 3.30. The summed E-state index contributed by atoms with van der Waals surface area (Å²) in [5, 5.41) is 0. The smallest absolute Gasteiger partial charge is 0.288 e. The second-order valence-corrected chi connectivity index (χ2v) is 5.53. The fourth-order valence-corrected chi connectivity index (χ4v) is 3.04. The zero-order valence-corrected chi connectivity index (χ0v) is 12.4. The predicted octanol–water partition coefficient (Wildman–Crippen LogP) is 2.84. The monoisotopic (exact) mass is 277 g/mol. The maximum atomic E-state index is 12.3. The van der Waals surface area contributed by atoms with Gasteiger partial charge in [-0.05, 0) is 19.4 Å². The molecule has 0 aliphatic rings. The molecular weight excluding hydrogens is 256 g/mol. The molecule has 19 heavy (non-hydrogen) atoms. The second-order valence-electron chi connectivity index (χ2n) is 4.65. The Morgan fingerprint density at radius 3 is 2.84 bits per heavy atom. The molecule has 1 heterocycles. The first kappa shape index (κ1) is 14.0. The highest BCUT2D eigenvalue weighted by molar-refractivity contribution is 7.16. The molecule has 4 heteroatoms. The molecule has 0 atom stereocenters. The summed E-state index contributed by atoms with van der Waals surface area (Å²) >= 11 is 1.69. The van der Waals surface area contributed by atoms with Crippen molar-refractivity contribution in [2.75, 3.05) is 13.1 Å². The summed E-state index contributed by atoms with van der Waals surface area (Å²) in [6.45, 7) is 6.31. The molecule has 0 unspecified atom stereocenters. The first-order chi connectivity index (χ1) is 9.26. The highest BCUT2D eigenvalue weighted by atomic mass is 32.1. The van der Waals surface area contributed by atoms with E-state index in [1.807, 2.05) is 29.5 Å². The van der Waals surface area contributed by atoms with Crippen LogP contribution in [0.4, 0.5) is 0 Å². The summed E-state index contributed by atoms with van der Waals surface area (Å²) in [6.07, 6.45) is 2.20. The topological polar surface area (TPSA) is 24.2 Å². The molecule has 0 aliphatic carbocycles. The van der Waals surface area contributed by atoms with Gasteiger partial charge in [-0.3, -0.25) is 4.79 Å². The van der Waals surface area contributed by atoms with E-state index in [-0.39, 0.29) is 5.91 Å². The largest absolute Gasteiger partial charge is 0.337 e. The van der Waals surface area contributed by atoms with Gasteiger partial charge in [0.1, 0.15) is 4.70 Å². The van der Waals surface area contributed by atoms with E-state index in [1.54, 1.807) is 11.3 Å². The normalized spacial score (nSPS) is 10.8. The molecule has 0 aliphatic heterocycles. The molecule has 1 amide bonds. The minimum absolute atomic E-state index is 0.213. The van der Waals surface area contributed by atoms with Gasteiger partial charge in [-0.2, -0.15) is 4.57 Å². The SMILES string of the molecule is CCCCN(CC)C(=O)C[n+]1csc2ccccc21. The van der Waals surface area contributed by atoms with E-state index in [0.29, 0.717) is 6.54 Å². The molecule has 0 saturated carbocycles. The molecule has 0 radical (unpaired) electrons. The molecule has 2 rings (SSSR count). The van der Waals surface area contributed by atoms with Gasteiger partial charge >= 0.3 is 0 Å². The van der Waals surface area contributed by atoms with Gasteiger partial charge in [-0.1, -0.05) is 36.8 Å². The predicted molar refractivity (Wildman–Crippen MR) is 79.2 cm³/mol. The second kappa shape index (κ2) is 6.66. The first-order valence-corrected chi connectivity index (χ1v) is 7.77. The van der Waals surface area contributed by atoms with Gasteiger partial charge in [0.05, 0.1) is 0 Å². The fraction of sp³-hybridized carbons (Fsp3) is 0.467. The number of aromatic nitrogens is 1. The lowest BCUT2D eigenvalue weighted by atomic mass is 10.3. The Kier molecular flexibility index (Phi) is 4.91. The van der Waals surface area contributed by atoms with Crippen LogP contribution >= 0.6 is 11.3 Å². The van der Waals surface area contributed by atoms with Gasteiger partial charge in [0, 0.05) is 19.2 Å². The van der Waals surface area contributed by atoms with Crippen LogP contribution < -0.4 is 4.57 Å². The zero-order valence-electron chi connectivity index (χ0n) is 11.6. The summed E-state index contributed by atoms with van der Waals surface area (Å²) in [5.41, 5.74) is 3.18. The number of unbranched alkanes of at least 4 members (excludes halogenated alkanes) is 1. The molecule has 0 N–H and O–H groups in total. The van der Waals surface area contributed by atoms with Crippen molar-refractivity contribution in [3.8, 4) is 0 Å². The number of amides is 1. The number of fused-ring (bicyclic) bond motifs is 1. The molecular formula is C15H21N2OS+. The number of nitrogens with zero attached hydrogens (tertiary/aromatic N) is 2. The molecule has 102 valence electrons. The average Bonchev–Trinajstić information content (AvgIpc) is 2.83. The number of carbonyl (C=O) groups excluding carboxylic acids is 1. The number of hydrogen-bond acceptors (Lipinski definition) is 2. The van der Waals surface area contributed by atoms with Crippen LogP contribution in [0.5, 0.6) is 0 Å². The van der Waals surface area contributed by atoms with E-state index in [1.165, 1.54) is 4.70 Å². The molecule has 0 spiro atoms. The lowest BCUT2D eigenvalue weighted by molar-refractivity contribution is -0.654. The highest BCUT2D eigenvalue weighted by Crippen LogP contribution is 2.15. The van der Waals surface area contributed by atoms with Gasteiger partial charge in [0.15, 0.2) is 0 Å². The van der Waals surface area contributed by atoms with Gasteiger partial charge < -0.3 is 4.90 Å². The molecule has 0 fully saturated rings. The van der Waals surface area contributed by atoms with E-state index in [0.717, 1.165) is 31.4 Å². The van der Waals surface area contributed by atoms with Crippen molar-refractivity contribution in [1.29, 1.82) is 0 Å². The minimum atomic E-state index is 0.213. The van der Waals surface area contributed by atoms with Crippen LogP contribution in [-0.2, 0) is 11.3 Å². The Bertz CT molecular complexity index is 550. The highest BCUT2D eigenvalue weighted by Gasteiger charge is 2.19. The van der Waals surface area contributed by atoms with Gasteiger partial charge in [-0.15, -0.1) is 0 Å². The number of carbonyl (C=O) groups is 1. The fourth-order valence-electron chi connectivity index (χ4n) is 2.15. The number of para-hydroxylation sites is 1. The lowest BCUT2D eigenvalue weighted by Crippen LogP contribution is -2.44. The summed E-state index contributed by atoms with van der Waals surface area (Å²) in [4.78, 5) is 14.2. The molecule has 3 nitrogen and oxygen atoms in total. The van der Waals surface area contributed by atoms with Crippen LogP contribution in [0.2, 0.25) is 0 Å². The number of hydrogen-bond donors (Lipinski definition) is 0. The van der Waals surface area contributed by atoms with Crippen LogP contribution in [0, 0.1) is 0 Å². The van der Waals surface area contributed by atoms with Crippen molar-refractivity contribution >= 4 is 27.5 Å². The van der Waals surface area contributed by atoms with Crippen LogP contribution in [0.3, 0.4) is 0 Å². The Balaban J connectivity index is 2.09. The van der Waals surface area contributed by atoms with E-state index < -0.39 is 0 Å². The molecule has 0 saturated heterocycles. The number of rotatable bonds is 6. The molecule has 2 aromatic rings. The van der Waals surface area contributed by atoms with Crippen molar-refractivity contribution in [2.45, 2.75) is 33.2 Å². The van der Waals surface area contributed by atoms with E-state index >= 15 is 0 Å². The summed E-state index contributed by atoms with van der Waals surface area (Å²) < 4.78 is 3.28. The van der Waals surface area contributed by atoms with Crippen molar-refractivity contribution < 1.29 is 9.36 Å². The third kappa shape index (κ3) is 3.32. The number of benzene rings is 1. The van der Waals surface area contributed by atoms with Crippen molar-refractivity contribution in [2.24, 2.45) is 0 Å². The standard InChI is InChI=1S/C15H21N2OS/c1-3-5-10-16(4-2)15(18)11-17-12-19-14-9-7-6-8-13(14)17/h6-9,12H,3-5,10-11H2,1-2H3/q+1. The Morgan fingerprint density at radius 2 is 2.11 bits per heavy atom. The first-order valence-electron chi connectivity index (χ1n) is 6.89. The van der Waals surface area contributed by atoms with E-state index in [2.05, 4.69) is 23.6 Å². The van der Waals surface area contributed by atoms with Crippen LogP contribution in [-0.4, -0.2) is 23.9 Å². The van der Waals surface area contributed by atoms with Crippen LogP contribution in [0.1, 0.15) is 26.7 Å². The van der Waals surface area contributed by atoms with E-state index in [9.17, 15) is 4.79 Å². The molecule has 0 bridgehead atoms. The molecule has 1 aromatic carbocycles. The quantitative estimate of drug-likeness (QED) is 0.745. The van der Waals surface area contributed by atoms with Crippen LogP contribution in [0.25, 0.3) is 10.2 Å². The Hall–Kier alpha value is -1.42. The van der Waals surface area contributed by atoms with Gasteiger partial charge in [0.25, 0.3) is 5.91 Å². The Labute approximate surface area is 118 Å². The maximum absolute atomic E-state index is 12.3. The Morgan fingerprint density at radius 1 is 1.32 bits per heavy atom. The van der Waals surface area contributed by atoms with E-state index in [4.69, 9.17) is 0 Å². The van der Waals surface area contributed by atoms with Crippen LogP contribution in [0.15, 0.2) is 29.8 Å². The maximum Gasteiger partial charge on any atom is 0.288 e. The van der Waals surface area contributed by atoms with Gasteiger partial charge in [-0.25, -0.2) is 0 Å².